The van der Waals surface area contributed by atoms with Gasteiger partial charge in [0.1, 0.15) is 5.69 Å². The molecule has 1 aromatic rings. The van der Waals surface area contributed by atoms with Crippen LogP contribution in [0.25, 0.3) is 0 Å². The van der Waals surface area contributed by atoms with Gasteiger partial charge in [0.2, 0.25) is 0 Å². The minimum absolute atomic E-state index is 0.109. The quantitative estimate of drug-likeness (QED) is 0.673. The highest BCUT2D eigenvalue weighted by atomic mass is 32.1. The van der Waals surface area contributed by atoms with Gasteiger partial charge in [-0.2, -0.15) is 0 Å². The van der Waals surface area contributed by atoms with Crippen LogP contribution in [0.2, 0.25) is 0 Å². The summed E-state index contributed by atoms with van der Waals surface area (Å²) in [6.07, 6.45) is 1.62. The number of rotatable bonds is 4. The number of aromatic nitrogens is 2. The second-order valence-corrected chi connectivity index (χ2v) is 3.54. The van der Waals surface area contributed by atoms with Crippen molar-refractivity contribution >= 4 is 17.3 Å². The van der Waals surface area contributed by atoms with E-state index in [1.54, 1.807) is 5.38 Å². The molecule has 3 nitrogen and oxygen atoms in total. The van der Waals surface area contributed by atoms with Crippen molar-refractivity contribution in [2.75, 3.05) is 0 Å². The molecular weight excluding hydrogens is 172 g/mol. The van der Waals surface area contributed by atoms with E-state index in [4.69, 9.17) is 0 Å². The molecule has 4 heteroatoms. The topological polar surface area (TPSA) is 42.9 Å². The molecule has 0 aliphatic rings. The molecule has 12 heavy (non-hydrogen) atoms. The van der Waals surface area contributed by atoms with Crippen LogP contribution in [0.5, 0.6) is 0 Å². The standard InChI is InChI=1S/C8H12N2OS/c1-3-6(2)4-8(11)7-5-12-10-9-7/h5-6H,3-4H2,1-2H3. The van der Waals surface area contributed by atoms with Gasteiger partial charge in [0.25, 0.3) is 0 Å². The van der Waals surface area contributed by atoms with E-state index in [-0.39, 0.29) is 5.78 Å². The van der Waals surface area contributed by atoms with Gasteiger partial charge in [-0.1, -0.05) is 24.8 Å². The van der Waals surface area contributed by atoms with Crippen molar-refractivity contribution in [3.8, 4) is 0 Å². The molecule has 1 rings (SSSR count). The van der Waals surface area contributed by atoms with Crippen molar-refractivity contribution in [3.63, 3.8) is 0 Å². The molecule has 0 aliphatic heterocycles. The number of ketones is 1. The number of Topliss-reactive ketones (excluding diaryl/α,β-unsaturated/α-hetero) is 1. The van der Waals surface area contributed by atoms with Crippen molar-refractivity contribution in [1.82, 2.24) is 9.59 Å². The number of carbonyl (C=O) groups is 1. The Morgan fingerprint density at radius 1 is 1.75 bits per heavy atom. The van der Waals surface area contributed by atoms with Gasteiger partial charge in [0.05, 0.1) is 0 Å². The smallest absolute Gasteiger partial charge is 0.184 e. The fraction of sp³-hybridized carbons (Fsp3) is 0.625. The van der Waals surface area contributed by atoms with Crippen LogP contribution < -0.4 is 0 Å². The van der Waals surface area contributed by atoms with Crippen molar-refractivity contribution in [3.05, 3.63) is 11.1 Å². The third-order valence-corrected chi connectivity index (χ3v) is 2.38. The molecule has 0 radical (unpaired) electrons. The highest BCUT2D eigenvalue weighted by Crippen LogP contribution is 2.11. The predicted octanol–water partition coefficient (Wildman–Crippen LogP) is 2.16. The number of carbonyl (C=O) groups excluding carboxylic acids is 1. The molecular formula is C8H12N2OS. The molecule has 0 aromatic carbocycles. The van der Waals surface area contributed by atoms with Crippen LogP contribution >= 0.6 is 11.5 Å². The molecule has 0 saturated carbocycles. The Hall–Kier alpha value is -0.770. The van der Waals surface area contributed by atoms with Crippen LogP contribution in [-0.2, 0) is 0 Å². The molecule has 1 unspecified atom stereocenters. The first-order valence-corrected chi connectivity index (χ1v) is 4.88. The molecule has 0 N–H and O–H groups in total. The lowest BCUT2D eigenvalue weighted by Crippen LogP contribution is -2.05. The van der Waals surface area contributed by atoms with Gasteiger partial charge in [-0.25, -0.2) is 0 Å². The average Bonchev–Trinajstić information content (AvgIpc) is 2.56. The van der Waals surface area contributed by atoms with Crippen LogP contribution in [0, 0.1) is 5.92 Å². The lowest BCUT2D eigenvalue weighted by atomic mass is 10.0. The zero-order chi connectivity index (χ0) is 8.97. The van der Waals surface area contributed by atoms with Crippen LogP contribution in [0.15, 0.2) is 5.38 Å². The zero-order valence-electron chi connectivity index (χ0n) is 7.28. The Bertz CT molecular complexity index is 246. The molecule has 0 saturated heterocycles. The van der Waals surface area contributed by atoms with Gasteiger partial charge in [0, 0.05) is 11.8 Å². The van der Waals surface area contributed by atoms with Crippen molar-refractivity contribution in [2.45, 2.75) is 26.7 Å². The summed E-state index contributed by atoms with van der Waals surface area (Å²) < 4.78 is 3.65. The second-order valence-electron chi connectivity index (χ2n) is 2.93. The van der Waals surface area contributed by atoms with Crippen LogP contribution in [-0.4, -0.2) is 15.4 Å². The second kappa shape index (κ2) is 4.30. The van der Waals surface area contributed by atoms with Crippen LogP contribution in [0.1, 0.15) is 37.2 Å². The Balaban J connectivity index is 2.50. The summed E-state index contributed by atoms with van der Waals surface area (Å²) in [6.45, 7) is 4.15. The van der Waals surface area contributed by atoms with Gasteiger partial charge in [-0.3, -0.25) is 4.79 Å². The summed E-state index contributed by atoms with van der Waals surface area (Å²) in [5.74, 6) is 0.553. The molecule has 0 aliphatic carbocycles. The monoisotopic (exact) mass is 184 g/mol. The average molecular weight is 184 g/mol. The number of hydrogen-bond acceptors (Lipinski definition) is 4. The molecule has 0 amide bonds. The first-order valence-electron chi connectivity index (χ1n) is 4.04. The number of nitrogens with zero attached hydrogens (tertiary/aromatic N) is 2. The van der Waals surface area contributed by atoms with E-state index in [1.807, 2.05) is 0 Å². The normalized spacial score (nSPS) is 12.8. The maximum absolute atomic E-state index is 11.4. The first kappa shape index (κ1) is 9.32. The Morgan fingerprint density at radius 3 is 3.00 bits per heavy atom. The fourth-order valence-electron chi connectivity index (χ4n) is 0.852. The van der Waals surface area contributed by atoms with Gasteiger partial charge in [0.15, 0.2) is 5.78 Å². The number of hydrogen-bond donors (Lipinski definition) is 0. The summed E-state index contributed by atoms with van der Waals surface area (Å²) >= 11 is 1.22. The minimum Gasteiger partial charge on any atom is -0.292 e. The van der Waals surface area contributed by atoms with E-state index >= 15 is 0 Å². The zero-order valence-corrected chi connectivity index (χ0v) is 8.10. The van der Waals surface area contributed by atoms with Crippen LogP contribution in [0.3, 0.4) is 0 Å². The third kappa shape index (κ3) is 2.37. The van der Waals surface area contributed by atoms with Gasteiger partial charge in [-0.15, -0.1) is 5.10 Å². The third-order valence-electron chi connectivity index (χ3n) is 1.88. The van der Waals surface area contributed by atoms with Crippen LogP contribution in [0.4, 0.5) is 0 Å². The predicted molar refractivity (Wildman–Crippen MR) is 48.3 cm³/mol. The summed E-state index contributed by atoms with van der Waals surface area (Å²) in [5.41, 5.74) is 0.514. The molecule has 0 spiro atoms. The van der Waals surface area contributed by atoms with Crippen molar-refractivity contribution < 1.29 is 4.79 Å². The molecule has 1 aromatic heterocycles. The summed E-state index contributed by atoms with van der Waals surface area (Å²) in [7, 11) is 0. The Morgan fingerprint density at radius 2 is 2.50 bits per heavy atom. The molecule has 1 atom stereocenters. The van der Waals surface area contributed by atoms with Gasteiger partial charge >= 0.3 is 0 Å². The fourth-order valence-corrected chi connectivity index (χ4v) is 1.31. The summed E-state index contributed by atoms with van der Waals surface area (Å²) in [6, 6.07) is 0. The van der Waals surface area contributed by atoms with E-state index < -0.39 is 0 Å². The maximum atomic E-state index is 11.4. The van der Waals surface area contributed by atoms with Gasteiger partial charge < -0.3 is 0 Å². The summed E-state index contributed by atoms with van der Waals surface area (Å²) in [5, 5.41) is 5.42. The SMILES string of the molecule is CCC(C)CC(=O)c1csnn1. The highest BCUT2D eigenvalue weighted by molar-refractivity contribution is 7.03. The van der Waals surface area contributed by atoms with Gasteiger partial charge in [-0.05, 0) is 17.5 Å². The van der Waals surface area contributed by atoms with E-state index in [0.29, 0.717) is 18.0 Å². The van der Waals surface area contributed by atoms with E-state index in [1.165, 1.54) is 11.5 Å². The van der Waals surface area contributed by atoms with E-state index in [0.717, 1.165) is 6.42 Å². The molecule has 66 valence electrons. The lowest BCUT2D eigenvalue weighted by Gasteiger charge is -2.03. The maximum Gasteiger partial charge on any atom is 0.184 e. The van der Waals surface area contributed by atoms with E-state index in [2.05, 4.69) is 23.4 Å². The molecule has 1 heterocycles. The lowest BCUT2D eigenvalue weighted by molar-refractivity contribution is 0.0959. The summed E-state index contributed by atoms with van der Waals surface area (Å²) in [4.78, 5) is 11.4. The Kier molecular flexibility index (Phi) is 3.34. The highest BCUT2D eigenvalue weighted by Gasteiger charge is 2.11. The first-order chi connectivity index (χ1) is 5.74. The minimum atomic E-state index is 0.109. The van der Waals surface area contributed by atoms with Crippen molar-refractivity contribution in [1.29, 1.82) is 0 Å². The Labute approximate surface area is 76.0 Å². The van der Waals surface area contributed by atoms with Crippen molar-refractivity contribution in [2.24, 2.45) is 5.92 Å². The van der Waals surface area contributed by atoms with E-state index in [9.17, 15) is 4.79 Å². The largest absolute Gasteiger partial charge is 0.292 e. The molecule has 0 bridgehead atoms. The molecule has 0 fully saturated rings.